The Morgan fingerprint density at radius 2 is 2.18 bits per heavy atom. The normalized spacial score (nSPS) is 46.2. The van der Waals surface area contributed by atoms with Crippen molar-refractivity contribution in [3.63, 3.8) is 0 Å². The molecular weight excluding hydrogens is 134 g/mol. The highest BCUT2D eigenvalue weighted by Gasteiger charge is 2.57. The van der Waals surface area contributed by atoms with E-state index in [1.54, 1.807) is 0 Å². The van der Waals surface area contributed by atoms with E-state index in [4.69, 9.17) is 5.73 Å². The van der Waals surface area contributed by atoms with Crippen LogP contribution in [0.2, 0.25) is 0 Å². The van der Waals surface area contributed by atoms with E-state index in [0.717, 1.165) is 11.8 Å². The molecule has 0 saturated heterocycles. The van der Waals surface area contributed by atoms with Crippen LogP contribution in [0.3, 0.4) is 0 Å². The zero-order valence-corrected chi connectivity index (χ0v) is 7.59. The Hall–Kier alpha value is -0.300. The van der Waals surface area contributed by atoms with Crippen LogP contribution in [-0.4, -0.2) is 6.04 Å². The maximum absolute atomic E-state index is 5.95. The molecular formula is C10H17N. The Morgan fingerprint density at radius 1 is 1.55 bits per heavy atom. The molecule has 62 valence electrons. The van der Waals surface area contributed by atoms with Crippen molar-refractivity contribution in [3.8, 4) is 0 Å². The Kier molecular flexibility index (Phi) is 1.26. The topological polar surface area (TPSA) is 26.0 Å². The second-order valence-electron chi connectivity index (χ2n) is 4.71. The average Bonchev–Trinajstić information content (AvgIpc) is 2.39. The van der Waals surface area contributed by atoms with Crippen LogP contribution >= 0.6 is 0 Å². The zero-order chi connectivity index (χ0) is 8.22. The molecule has 0 aromatic carbocycles. The zero-order valence-electron chi connectivity index (χ0n) is 7.59. The molecule has 0 radical (unpaired) electrons. The summed E-state index contributed by atoms with van der Waals surface area (Å²) >= 11 is 0. The molecule has 1 fully saturated rings. The van der Waals surface area contributed by atoms with Crippen LogP contribution < -0.4 is 5.73 Å². The van der Waals surface area contributed by atoms with Crippen molar-refractivity contribution in [2.75, 3.05) is 0 Å². The minimum atomic E-state index is 0.345. The lowest BCUT2D eigenvalue weighted by molar-refractivity contribution is 0.507. The van der Waals surface area contributed by atoms with Gasteiger partial charge in [0.1, 0.15) is 0 Å². The molecule has 2 rings (SSSR count). The van der Waals surface area contributed by atoms with Crippen molar-refractivity contribution in [2.45, 2.75) is 33.2 Å². The van der Waals surface area contributed by atoms with E-state index in [1.165, 1.54) is 12.0 Å². The van der Waals surface area contributed by atoms with Gasteiger partial charge < -0.3 is 5.73 Å². The molecule has 2 N–H and O–H groups in total. The van der Waals surface area contributed by atoms with Crippen LogP contribution in [0.4, 0.5) is 0 Å². The van der Waals surface area contributed by atoms with Crippen molar-refractivity contribution in [2.24, 2.45) is 23.0 Å². The molecule has 0 bridgehead atoms. The lowest BCUT2D eigenvalue weighted by atomic mass is 9.96. The summed E-state index contributed by atoms with van der Waals surface area (Å²) in [5, 5.41) is 0. The van der Waals surface area contributed by atoms with Gasteiger partial charge in [0.15, 0.2) is 0 Å². The molecule has 11 heavy (non-hydrogen) atoms. The minimum Gasteiger partial charge on any atom is -0.324 e. The van der Waals surface area contributed by atoms with Gasteiger partial charge in [0.25, 0.3) is 0 Å². The fourth-order valence-corrected chi connectivity index (χ4v) is 2.43. The SMILES string of the molecule is CC1=C[C@@H]2[C@@H](C[C@H]1N)C2(C)C. The summed E-state index contributed by atoms with van der Waals surface area (Å²) in [7, 11) is 0. The standard InChI is InChI=1S/C10H17N/c1-6-4-7-8(5-9(6)11)10(7,2)3/h4,7-9H,5,11H2,1-3H3/t7-,8-,9-/m1/s1. The highest BCUT2D eigenvalue weighted by molar-refractivity contribution is 5.26. The predicted molar refractivity (Wildman–Crippen MR) is 47.1 cm³/mol. The van der Waals surface area contributed by atoms with E-state index in [1.807, 2.05) is 0 Å². The first-order valence-electron chi connectivity index (χ1n) is 4.47. The van der Waals surface area contributed by atoms with Crippen molar-refractivity contribution < 1.29 is 0 Å². The Bertz CT molecular complexity index is 215. The number of hydrogen-bond acceptors (Lipinski definition) is 1. The van der Waals surface area contributed by atoms with E-state index >= 15 is 0 Å². The number of rotatable bonds is 0. The summed E-state index contributed by atoms with van der Waals surface area (Å²) in [6, 6.07) is 0.345. The summed E-state index contributed by atoms with van der Waals surface area (Å²) < 4.78 is 0. The molecule has 2 aliphatic rings. The molecule has 0 amide bonds. The average molecular weight is 151 g/mol. The van der Waals surface area contributed by atoms with Gasteiger partial charge >= 0.3 is 0 Å². The lowest BCUT2D eigenvalue weighted by Crippen LogP contribution is -2.24. The van der Waals surface area contributed by atoms with Crippen LogP contribution in [0.25, 0.3) is 0 Å². The molecule has 0 aromatic heterocycles. The molecule has 3 atom stereocenters. The van der Waals surface area contributed by atoms with Gasteiger partial charge in [-0.3, -0.25) is 0 Å². The second kappa shape index (κ2) is 1.89. The third kappa shape index (κ3) is 0.871. The molecule has 1 saturated carbocycles. The Labute approximate surface area is 68.7 Å². The molecule has 0 heterocycles. The first-order chi connectivity index (χ1) is 5.03. The maximum Gasteiger partial charge on any atom is 0.0254 e. The minimum absolute atomic E-state index is 0.345. The first kappa shape index (κ1) is 7.35. The molecule has 0 aromatic rings. The van der Waals surface area contributed by atoms with Crippen LogP contribution in [0.1, 0.15) is 27.2 Å². The third-order valence-electron chi connectivity index (χ3n) is 3.67. The summed E-state index contributed by atoms with van der Waals surface area (Å²) in [5.41, 5.74) is 7.90. The van der Waals surface area contributed by atoms with E-state index in [9.17, 15) is 0 Å². The largest absolute Gasteiger partial charge is 0.324 e. The van der Waals surface area contributed by atoms with E-state index in [2.05, 4.69) is 26.8 Å². The first-order valence-corrected chi connectivity index (χ1v) is 4.47. The van der Waals surface area contributed by atoms with Crippen LogP contribution in [0, 0.1) is 17.3 Å². The molecule has 0 aliphatic heterocycles. The number of fused-ring (bicyclic) bond motifs is 1. The summed E-state index contributed by atoms with van der Waals surface area (Å²) in [6.45, 7) is 6.86. The quantitative estimate of drug-likeness (QED) is 0.526. The number of nitrogens with two attached hydrogens (primary N) is 1. The maximum atomic E-state index is 5.95. The Balaban J connectivity index is 2.22. The van der Waals surface area contributed by atoms with Gasteiger partial charge in [-0.1, -0.05) is 25.5 Å². The van der Waals surface area contributed by atoms with Crippen molar-refractivity contribution in [3.05, 3.63) is 11.6 Å². The van der Waals surface area contributed by atoms with Gasteiger partial charge in [-0.05, 0) is 30.6 Å². The second-order valence-corrected chi connectivity index (χ2v) is 4.71. The fraction of sp³-hybridized carbons (Fsp3) is 0.800. The van der Waals surface area contributed by atoms with E-state index in [0.29, 0.717) is 11.5 Å². The fourth-order valence-electron chi connectivity index (χ4n) is 2.43. The molecule has 0 unspecified atom stereocenters. The van der Waals surface area contributed by atoms with Crippen molar-refractivity contribution in [1.29, 1.82) is 0 Å². The van der Waals surface area contributed by atoms with Gasteiger partial charge in [-0.15, -0.1) is 0 Å². The monoisotopic (exact) mass is 151 g/mol. The van der Waals surface area contributed by atoms with Crippen LogP contribution in [-0.2, 0) is 0 Å². The number of hydrogen-bond donors (Lipinski definition) is 1. The summed E-state index contributed by atoms with van der Waals surface area (Å²) in [4.78, 5) is 0. The highest BCUT2D eigenvalue weighted by atomic mass is 14.7. The Morgan fingerprint density at radius 3 is 2.73 bits per heavy atom. The highest BCUT2D eigenvalue weighted by Crippen LogP contribution is 2.63. The predicted octanol–water partition coefficient (Wildman–Crippen LogP) is 1.94. The van der Waals surface area contributed by atoms with Gasteiger partial charge in [0, 0.05) is 6.04 Å². The van der Waals surface area contributed by atoms with E-state index < -0.39 is 0 Å². The van der Waals surface area contributed by atoms with E-state index in [-0.39, 0.29) is 0 Å². The van der Waals surface area contributed by atoms with Crippen LogP contribution in [0.15, 0.2) is 11.6 Å². The molecule has 2 aliphatic carbocycles. The van der Waals surface area contributed by atoms with Gasteiger partial charge in [0.05, 0.1) is 0 Å². The van der Waals surface area contributed by atoms with Gasteiger partial charge in [-0.25, -0.2) is 0 Å². The smallest absolute Gasteiger partial charge is 0.0254 e. The van der Waals surface area contributed by atoms with Crippen molar-refractivity contribution >= 4 is 0 Å². The number of allylic oxidation sites excluding steroid dienone is 1. The summed E-state index contributed by atoms with van der Waals surface area (Å²) in [6.07, 6.45) is 3.60. The van der Waals surface area contributed by atoms with Gasteiger partial charge in [0.2, 0.25) is 0 Å². The molecule has 0 spiro atoms. The molecule has 1 heteroatoms. The summed E-state index contributed by atoms with van der Waals surface area (Å²) in [5.74, 6) is 1.71. The van der Waals surface area contributed by atoms with Crippen LogP contribution in [0.5, 0.6) is 0 Å². The molecule has 1 nitrogen and oxygen atoms in total. The third-order valence-corrected chi connectivity index (χ3v) is 3.67. The van der Waals surface area contributed by atoms with Gasteiger partial charge in [-0.2, -0.15) is 0 Å². The lowest BCUT2D eigenvalue weighted by Gasteiger charge is -2.15. The van der Waals surface area contributed by atoms with Crippen molar-refractivity contribution in [1.82, 2.24) is 0 Å².